The summed E-state index contributed by atoms with van der Waals surface area (Å²) in [5.74, 6) is -0.673. The van der Waals surface area contributed by atoms with E-state index in [-0.39, 0.29) is 13.2 Å². The first-order valence-electron chi connectivity index (χ1n) is 7.27. The fourth-order valence-corrected chi connectivity index (χ4v) is 2.11. The molecule has 0 fully saturated rings. The highest BCUT2D eigenvalue weighted by Gasteiger charge is 2.33. The van der Waals surface area contributed by atoms with Crippen LogP contribution in [0.1, 0.15) is 11.3 Å². The maximum atomic E-state index is 12.4. The van der Waals surface area contributed by atoms with Crippen LogP contribution in [0.25, 0.3) is 5.69 Å². The minimum atomic E-state index is -4.54. The Balaban J connectivity index is 1.53. The zero-order valence-electron chi connectivity index (χ0n) is 12.8. The van der Waals surface area contributed by atoms with Crippen LogP contribution in [-0.2, 0) is 28.9 Å². The van der Waals surface area contributed by atoms with Crippen LogP contribution in [0.2, 0.25) is 0 Å². The molecule has 0 bridgehead atoms. The van der Waals surface area contributed by atoms with Crippen LogP contribution in [0, 0.1) is 0 Å². The minimum Gasteiger partial charge on any atom is -0.459 e. The lowest BCUT2D eigenvalue weighted by atomic mass is 10.2. The second-order valence-electron chi connectivity index (χ2n) is 5.17. The summed E-state index contributed by atoms with van der Waals surface area (Å²) in [4.78, 5) is 11.7. The van der Waals surface area contributed by atoms with E-state index in [1.165, 1.54) is 0 Å². The van der Waals surface area contributed by atoms with Crippen molar-refractivity contribution in [3.8, 4) is 5.69 Å². The first-order chi connectivity index (χ1) is 11.9. The predicted octanol–water partition coefficient (Wildman–Crippen LogP) is 2.83. The van der Waals surface area contributed by atoms with Gasteiger partial charge in [-0.05, 0) is 29.8 Å². The maximum absolute atomic E-state index is 12.4. The molecule has 130 valence electrons. The van der Waals surface area contributed by atoms with Gasteiger partial charge in [0.2, 0.25) is 0 Å². The summed E-state index contributed by atoms with van der Waals surface area (Å²) < 4.78 is 45.0. The molecule has 0 unspecified atom stereocenters. The topological polar surface area (TPSA) is 61.9 Å². The van der Waals surface area contributed by atoms with E-state index in [9.17, 15) is 18.0 Å². The first kappa shape index (κ1) is 16.7. The second kappa shape index (κ2) is 6.80. The molecule has 9 heteroatoms. The minimum absolute atomic E-state index is 0.0195. The summed E-state index contributed by atoms with van der Waals surface area (Å²) in [7, 11) is 0. The van der Waals surface area contributed by atoms with Crippen molar-refractivity contribution in [2.24, 2.45) is 0 Å². The van der Waals surface area contributed by atoms with Gasteiger partial charge in [0, 0.05) is 18.6 Å². The number of alkyl halides is 3. The Hall–Kier alpha value is -3.10. The van der Waals surface area contributed by atoms with E-state index >= 15 is 0 Å². The number of halogens is 3. The quantitative estimate of drug-likeness (QED) is 0.664. The molecule has 0 saturated carbocycles. The van der Waals surface area contributed by atoms with Crippen LogP contribution in [0.3, 0.4) is 0 Å². The van der Waals surface area contributed by atoms with E-state index in [1.807, 2.05) is 12.1 Å². The Morgan fingerprint density at radius 3 is 2.48 bits per heavy atom. The number of hydrogen-bond donors (Lipinski definition) is 0. The van der Waals surface area contributed by atoms with Gasteiger partial charge in [-0.25, -0.2) is 4.68 Å². The molecule has 0 aliphatic heterocycles. The number of hydrogen-bond acceptors (Lipinski definition) is 4. The number of nitrogens with zero attached hydrogens (tertiary/aromatic N) is 4. The number of aromatic nitrogens is 4. The number of esters is 1. The van der Waals surface area contributed by atoms with Crippen LogP contribution in [0.15, 0.2) is 55.0 Å². The summed E-state index contributed by atoms with van der Waals surface area (Å²) in [6, 6.07) is 9.80. The van der Waals surface area contributed by atoms with E-state index in [0.29, 0.717) is 0 Å². The predicted molar refractivity (Wildman–Crippen MR) is 80.6 cm³/mol. The Kier molecular flexibility index (Phi) is 4.55. The maximum Gasteiger partial charge on any atom is 0.435 e. The number of carbonyl (C=O) groups excluding carboxylic acids is 1. The van der Waals surface area contributed by atoms with Crippen molar-refractivity contribution in [3.05, 3.63) is 66.2 Å². The molecule has 3 aromatic rings. The van der Waals surface area contributed by atoms with Gasteiger partial charge in [-0.15, -0.1) is 0 Å². The molecule has 0 spiro atoms. The Bertz CT molecular complexity index is 839. The van der Waals surface area contributed by atoms with Crippen molar-refractivity contribution in [1.29, 1.82) is 0 Å². The van der Waals surface area contributed by atoms with Crippen molar-refractivity contribution in [3.63, 3.8) is 0 Å². The van der Waals surface area contributed by atoms with Crippen LogP contribution in [0.5, 0.6) is 0 Å². The van der Waals surface area contributed by atoms with Crippen LogP contribution in [-0.4, -0.2) is 25.5 Å². The lowest BCUT2D eigenvalue weighted by Crippen LogP contribution is -2.15. The van der Waals surface area contributed by atoms with E-state index < -0.39 is 17.8 Å². The molecule has 0 radical (unpaired) electrons. The number of carbonyl (C=O) groups is 1. The van der Waals surface area contributed by atoms with Crippen molar-refractivity contribution in [1.82, 2.24) is 19.6 Å². The molecule has 0 atom stereocenters. The van der Waals surface area contributed by atoms with Gasteiger partial charge >= 0.3 is 12.1 Å². The zero-order chi connectivity index (χ0) is 17.9. The van der Waals surface area contributed by atoms with E-state index in [4.69, 9.17) is 4.74 Å². The number of rotatable bonds is 5. The van der Waals surface area contributed by atoms with E-state index in [0.717, 1.165) is 28.2 Å². The van der Waals surface area contributed by atoms with Crippen molar-refractivity contribution in [2.45, 2.75) is 19.3 Å². The molecule has 25 heavy (non-hydrogen) atoms. The third-order valence-electron chi connectivity index (χ3n) is 3.33. The SMILES string of the molecule is O=C(Cn1ccc(C(F)(F)F)n1)OCc1ccc(-n2cccn2)cc1. The fraction of sp³-hybridized carbons (Fsp3) is 0.188. The average Bonchev–Trinajstić information content (AvgIpc) is 3.24. The van der Waals surface area contributed by atoms with Gasteiger partial charge < -0.3 is 4.74 Å². The Morgan fingerprint density at radius 1 is 1.12 bits per heavy atom. The molecule has 6 nitrogen and oxygen atoms in total. The van der Waals surface area contributed by atoms with Crippen molar-refractivity contribution >= 4 is 5.97 Å². The summed E-state index contributed by atoms with van der Waals surface area (Å²) in [5.41, 5.74) is 0.562. The second-order valence-corrected chi connectivity index (χ2v) is 5.17. The average molecular weight is 350 g/mol. The first-order valence-corrected chi connectivity index (χ1v) is 7.27. The van der Waals surface area contributed by atoms with Crippen LogP contribution >= 0.6 is 0 Å². The molecular weight excluding hydrogens is 337 g/mol. The third-order valence-corrected chi connectivity index (χ3v) is 3.33. The lowest BCUT2D eigenvalue weighted by molar-refractivity contribution is -0.147. The highest BCUT2D eigenvalue weighted by Crippen LogP contribution is 2.27. The summed E-state index contributed by atoms with van der Waals surface area (Å²) in [6.07, 6.45) is 0.0118. The summed E-state index contributed by atoms with van der Waals surface area (Å²) >= 11 is 0. The Morgan fingerprint density at radius 2 is 1.88 bits per heavy atom. The summed E-state index contributed by atoms with van der Waals surface area (Å²) in [6.45, 7) is -0.368. The standard InChI is InChI=1S/C16H13F3N4O2/c17-16(18,19)14-6-9-22(21-14)10-15(24)25-11-12-2-4-13(5-3-12)23-8-1-7-20-23/h1-9H,10-11H2. The van der Waals surface area contributed by atoms with Gasteiger partial charge in [-0.3, -0.25) is 9.48 Å². The van der Waals surface area contributed by atoms with E-state index in [2.05, 4.69) is 10.2 Å². The number of benzene rings is 1. The van der Waals surface area contributed by atoms with Gasteiger partial charge in [0.25, 0.3) is 0 Å². The molecule has 2 heterocycles. The monoisotopic (exact) mass is 350 g/mol. The van der Waals surface area contributed by atoms with Gasteiger partial charge in [0.1, 0.15) is 13.2 Å². The Labute approximate surface area is 140 Å². The van der Waals surface area contributed by atoms with E-state index in [1.54, 1.807) is 35.3 Å². The van der Waals surface area contributed by atoms with Crippen LogP contribution in [0.4, 0.5) is 13.2 Å². The van der Waals surface area contributed by atoms with Gasteiger partial charge in [0.15, 0.2) is 5.69 Å². The highest BCUT2D eigenvalue weighted by atomic mass is 19.4. The molecule has 0 amide bonds. The molecule has 3 rings (SSSR count). The highest BCUT2D eigenvalue weighted by molar-refractivity contribution is 5.69. The molecule has 2 aromatic heterocycles. The molecule has 0 N–H and O–H groups in total. The lowest BCUT2D eigenvalue weighted by Gasteiger charge is -2.07. The van der Waals surface area contributed by atoms with Crippen molar-refractivity contribution in [2.75, 3.05) is 0 Å². The zero-order valence-corrected chi connectivity index (χ0v) is 12.8. The van der Waals surface area contributed by atoms with Crippen molar-refractivity contribution < 1.29 is 22.7 Å². The molecule has 1 aromatic carbocycles. The molecular formula is C16H13F3N4O2. The smallest absolute Gasteiger partial charge is 0.435 e. The largest absolute Gasteiger partial charge is 0.459 e. The number of ether oxygens (including phenoxy) is 1. The van der Waals surface area contributed by atoms with Crippen LogP contribution < -0.4 is 0 Å². The normalized spacial score (nSPS) is 11.5. The molecule has 0 aliphatic carbocycles. The third kappa shape index (κ3) is 4.25. The van der Waals surface area contributed by atoms with Gasteiger partial charge in [0.05, 0.1) is 5.69 Å². The van der Waals surface area contributed by atoms with Gasteiger partial charge in [-0.1, -0.05) is 12.1 Å². The fourth-order valence-electron chi connectivity index (χ4n) is 2.11. The molecule has 0 saturated heterocycles. The summed E-state index contributed by atoms with van der Waals surface area (Å²) in [5, 5.41) is 7.40. The molecule has 0 aliphatic rings. The van der Waals surface area contributed by atoms with Gasteiger partial charge in [-0.2, -0.15) is 23.4 Å².